The second-order valence-corrected chi connectivity index (χ2v) is 14.7. The number of likely N-dealkylation sites (N-methyl/N-ethyl adjacent to an activating group) is 2. The number of likely N-dealkylation sites (tertiary alicyclic amines) is 2. The Morgan fingerprint density at radius 3 is 1.63 bits per heavy atom. The van der Waals surface area contributed by atoms with Crippen LogP contribution in [0.4, 0.5) is 0 Å². The number of benzene rings is 2. The van der Waals surface area contributed by atoms with E-state index in [0.29, 0.717) is 64.6 Å². The molecule has 6 heterocycles. The van der Waals surface area contributed by atoms with Crippen molar-refractivity contribution in [3.8, 4) is 47.3 Å². The molecule has 2 fully saturated rings. The third-order valence-corrected chi connectivity index (χ3v) is 10.2. The highest BCUT2D eigenvalue weighted by Crippen LogP contribution is 2.27. The number of carbonyl (C=O) groups is 4. The molecule has 62 heavy (non-hydrogen) atoms. The summed E-state index contributed by atoms with van der Waals surface area (Å²) in [6, 6.07) is 21.2. The van der Waals surface area contributed by atoms with Crippen LogP contribution >= 0.6 is 15.9 Å². The normalized spacial score (nSPS) is 17.8. The molecule has 19 heteroatoms. The van der Waals surface area contributed by atoms with Gasteiger partial charge in [0, 0.05) is 62.2 Å². The smallest absolute Gasteiger partial charge is 0.269 e. The van der Waals surface area contributed by atoms with Crippen molar-refractivity contribution in [2.45, 2.75) is 31.5 Å². The van der Waals surface area contributed by atoms with Crippen LogP contribution in [0.5, 0.6) is 11.8 Å². The van der Waals surface area contributed by atoms with Gasteiger partial charge in [0.25, 0.3) is 23.6 Å². The van der Waals surface area contributed by atoms with Gasteiger partial charge in [-0.15, -0.1) is 6.42 Å². The first-order chi connectivity index (χ1) is 29.0. The molecular formula is C43H43BrN10O8. The van der Waals surface area contributed by atoms with Gasteiger partial charge in [0.2, 0.25) is 23.0 Å². The molecule has 320 valence electrons. The molecule has 2 saturated heterocycles. The number of ether oxygens (including phenoxy) is 2. The highest BCUT2D eigenvalue weighted by Gasteiger charge is 2.43. The summed E-state index contributed by atoms with van der Waals surface area (Å²) in [5.41, 5.74) is 10.8. The number of methoxy groups -OCH3 is 2. The van der Waals surface area contributed by atoms with Gasteiger partial charge in [-0.05, 0) is 48.5 Å². The molecule has 0 radical (unpaired) electrons. The van der Waals surface area contributed by atoms with Gasteiger partial charge in [-0.3, -0.25) is 19.2 Å². The summed E-state index contributed by atoms with van der Waals surface area (Å²) in [4.78, 5) is 58.1. The summed E-state index contributed by atoms with van der Waals surface area (Å²) in [5.74, 6) is 6.39. The van der Waals surface area contributed by atoms with E-state index in [1.54, 1.807) is 67.3 Å². The van der Waals surface area contributed by atoms with Crippen LogP contribution in [0.2, 0.25) is 0 Å². The van der Waals surface area contributed by atoms with E-state index < -0.39 is 28.9 Å². The minimum atomic E-state index is -1.68. The summed E-state index contributed by atoms with van der Waals surface area (Å²) >= 11 is 3.41. The van der Waals surface area contributed by atoms with E-state index in [0.717, 1.165) is 10.2 Å². The number of pyridine rings is 2. The number of carbonyl (C=O) groups excluding carboxylic acids is 4. The number of hydrogen-bond acceptors (Lipinski definition) is 12. The fourth-order valence-electron chi connectivity index (χ4n) is 6.36. The van der Waals surface area contributed by atoms with E-state index in [4.69, 9.17) is 27.4 Å². The van der Waals surface area contributed by atoms with Crippen LogP contribution in [-0.4, -0.2) is 126 Å². The zero-order valence-electron chi connectivity index (χ0n) is 33.3. The molecule has 0 unspecified atom stereocenters. The Kier molecular flexibility index (Phi) is 13.7. The quantitative estimate of drug-likeness (QED) is 0.176. The number of fused-ring (bicyclic) bond motifs is 2. The van der Waals surface area contributed by atoms with E-state index in [1.807, 2.05) is 24.3 Å². The van der Waals surface area contributed by atoms with Gasteiger partial charge in [-0.25, -0.2) is 9.36 Å². The second kappa shape index (κ2) is 18.5. The summed E-state index contributed by atoms with van der Waals surface area (Å²) in [5, 5.41) is 29.5. The van der Waals surface area contributed by atoms with Crippen LogP contribution in [0.1, 0.15) is 46.8 Å². The van der Waals surface area contributed by atoms with E-state index in [9.17, 15) is 29.4 Å². The fourth-order valence-corrected chi connectivity index (χ4v) is 6.75. The first-order valence-electron chi connectivity index (χ1n) is 18.3. The van der Waals surface area contributed by atoms with E-state index in [1.165, 1.54) is 28.7 Å². The lowest BCUT2D eigenvalue weighted by Crippen LogP contribution is -2.37. The van der Waals surface area contributed by atoms with E-state index >= 15 is 0 Å². The third kappa shape index (κ3) is 9.20. The molecule has 2 aliphatic heterocycles. The predicted molar refractivity (Wildman–Crippen MR) is 232 cm³/mol. The highest BCUT2D eigenvalue weighted by atomic mass is 79.9. The molecule has 6 N–H and O–H groups in total. The van der Waals surface area contributed by atoms with Crippen molar-refractivity contribution in [2.75, 3.05) is 41.4 Å². The summed E-state index contributed by atoms with van der Waals surface area (Å²) in [7, 11) is 6.27. The first-order valence-corrected chi connectivity index (χ1v) is 19.1. The number of nitrogens with zero attached hydrogens (tertiary/aromatic N) is 8. The average Bonchev–Trinajstić information content (AvgIpc) is 3.99. The number of hydrogen-bond donors (Lipinski definition) is 4. The molecule has 2 aromatic carbocycles. The molecule has 4 amide bonds. The first kappa shape index (κ1) is 45.8. The van der Waals surface area contributed by atoms with Crippen LogP contribution in [-0.2, 0) is 9.59 Å². The number of rotatable bonds is 6. The summed E-state index contributed by atoms with van der Waals surface area (Å²) in [6.45, 7) is 0.992. The van der Waals surface area contributed by atoms with Crippen molar-refractivity contribution in [1.82, 2.24) is 39.3 Å². The molecular weight excluding hydrogens is 864 g/mol. The van der Waals surface area contributed by atoms with Gasteiger partial charge >= 0.3 is 0 Å². The molecule has 4 aromatic heterocycles. The van der Waals surface area contributed by atoms with E-state index in [-0.39, 0.29) is 31.1 Å². The molecule has 2 aliphatic rings. The number of primary amides is 2. The Morgan fingerprint density at radius 2 is 1.23 bits per heavy atom. The topological polar surface area (TPSA) is 247 Å². The van der Waals surface area contributed by atoms with Gasteiger partial charge < -0.3 is 41.0 Å². The Balaban J connectivity index is 0.000000196. The Bertz CT molecular complexity index is 2820. The molecule has 18 nitrogen and oxygen atoms in total. The van der Waals surface area contributed by atoms with Crippen molar-refractivity contribution in [3.63, 3.8) is 0 Å². The zero-order chi connectivity index (χ0) is 44.2. The lowest BCUT2D eigenvalue weighted by molar-refractivity contribution is -0.138. The van der Waals surface area contributed by atoms with Crippen LogP contribution in [0.3, 0.4) is 0 Å². The van der Waals surface area contributed by atoms with Crippen molar-refractivity contribution in [3.05, 3.63) is 94.2 Å². The lowest BCUT2D eigenvalue weighted by Gasteiger charge is -2.13. The van der Waals surface area contributed by atoms with Crippen LogP contribution in [0, 0.1) is 24.2 Å². The average molecular weight is 908 g/mol. The molecule has 0 spiro atoms. The Labute approximate surface area is 364 Å². The number of halogens is 1. The number of amides is 4. The van der Waals surface area contributed by atoms with Crippen molar-refractivity contribution in [1.29, 1.82) is 0 Å². The van der Waals surface area contributed by atoms with Crippen molar-refractivity contribution in [2.24, 2.45) is 11.5 Å². The number of aliphatic hydroxyl groups is 2. The predicted octanol–water partition coefficient (Wildman–Crippen LogP) is 2.61. The maximum atomic E-state index is 12.1. The summed E-state index contributed by atoms with van der Waals surface area (Å²) < 4.78 is 14.3. The molecule has 2 atom stereocenters. The van der Waals surface area contributed by atoms with Crippen molar-refractivity contribution < 1.29 is 38.9 Å². The van der Waals surface area contributed by atoms with Gasteiger partial charge in [-0.1, -0.05) is 53.3 Å². The fraction of sp³-hybridized carbons (Fsp3) is 0.256. The number of terminal acetylenes is 1. The molecule has 0 saturated carbocycles. The van der Waals surface area contributed by atoms with Gasteiger partial charge in [0.1, 0.15) is 0 Å². The van der Waals surface area contributed by atoms with Crippen LogP contribution in [0.15, 0.2) is 77.3 Å². The maximum Gasteiger partial charge on any atom is 0.269 e. The largest absolute Gasteiger partial charge is 0.481 e. The third-order valence-electron chi connectivity index (χ3n) is 9.71. The zero-order valence-corrected chi connectivity index (χ0v) is 34.9. The second-order valence-electron chi connectivity index (χ2n) is 13.8. The Morgan fingerprint density at radius 1 is 0.758 bits per heavy atom. The minimum absolute atomic E-state index is 0. The highest BCUT2D eigenvalue weighted by molar-refractivity contribution is 9.10. The molecule has 6 aromatic rings. The van der Waals surface area contributed by atoms with Gasteiger partial charge in [0.15, 0.2) is 22.7 Å². The van der Waals surface area contributed by atoms with Gasteiger partial charge in [-0.2, -0.15) is 20.2 Å². The van der Waals surface area contributed by atoms with Crippen LogP contribution < -0.4 is 20.9 Å². The van der Waals surface area contributed by atoms with Crippen molar-refractivity contribution >= 4 is 61.6 Å². The maximum absolute atomic E-state index is 12.1. The lowest BCUT2D eigenvalue weighted by atomic mass is 10.0. The SMILES string of the molecule is C.C#C[C@]1(O)CCN(C)C1=O.COc1ccc2c(C(N)=O)nn(-c3cccc(Br)c3)c2n1.COc1ccc2c(C(N)=O)nn(-c3cccc(C#C[C@]4(O)CCN(C)C4=O)c3)c2n1. The minimum Gasteiger partial charge on any atom is -0.481 e. The molecule has 0 bridgehead atoms. The number of nitrogens with two attached hydrogens (primary N) is 2. The monoisotopic (exact) mass is 906 g/mol. The summed E-state index contributed by atoms with van der Waals surface area (Å²) in [6.07, 6.45) is 5.57. The number of aromatic nitrogens is 6. The standard InChI is InChI=1S/C21H19N5O4.C14H11BrN4O2.C7H9NO2.CH4/c1-25-11-10-21(29,20(25)28)9-8-13-4-3-5-14(12-13)26-19-15(17(24-26)18(22)27)6-7-16(23-19)30-2;1-21-11-6-5-10-12(13(16)20)18-19(14(10)17-11)9-4-2-3-8(15)7-9;1-3-7(10)4-5-8(2)6(7)9;/h3-7,12,29H,10-11H2,1-2H3,(H2,22,27);2-7H,1H3,(H2,16,20);1,10H,4-5H2,2H3;1H4/t21-;;7-;/m0.0./s1. The van der Waals surface area contributed by atoms with E-state index in [2.05, 4.69) is 53.9 Å². The Hall–Kier alpha value is -7.32. The van der Waals surface area contributed by atoms with Gasteiger partial charge in [0.05, 0.1) is 36.4 Å². The molecule has 0 aliphatic carbocycles. The molecule has 8 rings (SSSR count). The van der Waals surface area contributed by atoms with Crippen LogP contribution in [0.25, 0.3) is 33.4 Å².